The SMILES string of the molecule is CCN(CC(=O)NCc1ccc(Cl)cc1)C(=O)c1cc(-c2cccs2)nc2c1cnn2CC. The Labute approximate surface area is 201 Å². The van der Waals surface area contributed by atoms with Crippen molar-refractivity contribution < 1.29 is 9.59 Å². The maximum atomic E-state index is 13.5. The highest BCUT2D eigenvalue weighted by Gasteiger charge is 2.23. The highest BCUT2D eigenvalue weighted by Crippen LogP contribution is 2.28. The number of aromatic nitrogens is 3. The molecule has 3 aromatic heterocycles. The lowest BCUT2D eigenvalue weighted by Crippen LogP contribution is -2.40. The normalized spacial score (nSPS) is 11.0. The summed E-state index contributed by atoms with van der Waals surface area (Å²) in [5, 5.41) is 10.6. The number of fused-ring (bicyclic) bond motifs is 1. The quantitative estimate of drug-likeness (QED) is 0.398. The second-order valence-electron chi connectivity index (χ2n) is 7.45. The molecule has 2 amide bonds. The van der Waals surface area contributed by atoms with Crippen LogP contribution in [0.4, 0.5) is 0 Å². The number of carbonyl (C=O) groups is 2. The molecule has 1 aromatic carbocycles. The van der Waals surface area contributed by atoms with E-state index >= 15 is 0 Å². The molecule has 0 fully saturated rings. The van der Waals surface area contributed by atoms with Crippen LogP contribution in [0.1, 0.15) is 29.8 Å². The van der Waals surface area contributed by atoms with Crippen molar-refractivity contribution in [1.29, 1.82) is 0 Å². The van der Waals surface area contributed by atoms with Crippen LogP contribution in [0.25, 0.3) is 21.6 Å². The Morgan fingerprint density at radius 3 is 2.64 bits per heavy atom. The minimum absolute atomic E-state index is 0.0387. The highest BCUT2D eigenvalue weighted by atomic mass is 35.5. The van der Waals surface area contributed by atoms with Gasteiger partial charge in [-0.05, 0) is 49.1 Å². The number of hydrogen-bond acceptors (Lipinski definition) is 5. The molecule has 9 heteroatoms. The standard InChI is InChI=1S/C24H24ClN5O2S/c1-3-29(15-22(31)26-13-16-7-9-17(25)10-8-16)24(32)18-12-20(21-6-5-11-33-21)28-23-19(18)14-27-30(23)4-2/h5-12,14H,3-4,13,15H2,1-2H3,(H,26,31). The van der Waals surface area contributed by atoms with Gasteiger partial charge in [0.15, 0.2) is 5.65 Å². The topological polar surface area (TPSA) is 80.1 Å². The summed E-state index contributed by atoms with van der Waals surface area (Å²) in [6, 6.07) is 13.0. The molecule has 0 spiro atoms. The number of nitrogens with zero attached hydrogens (tertiary/aromatic N) is 4. The lowest BCUT2D eigenvalue weighted by molar-refractivity contribution is -0.121. The van der Waals surface area contributed by atoms with Crippen molar-refractivity contribution in [3.63, 3.8) is 0 Å². The summed E-state index contributed by atoms with van der Waals surface area (Å²) in [5.74, 6) is -0.451. The molecule has 0 aliphatic carbocycles. The number of carbonyl (C=O) groups excluding carboxylic acids is 2. The molecule has 4 aromatic rings. The number of nitrogens with one attached hydrogen (secondary N) is 1. The lowest BCUT2D eigenvalue weighted by atomic mass is 10.1. The molecule has 1 N–H and O–H groups in total. The lowest BCUT2D eigenvalue weighted by Gasteiger charge is -2.21. The van der Waals surface area contributed by atoms with Crippen LogP contribution >= 0.6 is 22.9 Å². The predicted molar refractivity (Wildman–Crippen MR) is 131 cm³/mol. The van der Waals surface area contributed by atoms with Crippen LogP contribution in [0, 0.1) is 0 Å². The predicted octanol–water partition coefficient (Wildman–Crippen LogP) is 4.61. The molecule has 0 saturated heterocycles. The van der Waals surface area contributed by atoms with Crippen molar-refractivity contribution >= 4 is 45.8 Å². The van der Waals surface area contributed by atoms with E-state index in [1.54, 1.807) is 40.4 Å². The van der Waals surface area contributed by atoms with E-state index in [9.17, 15) is 9.59 Å². The molecule has 170 valence electrons. The van der Waals surface area contributed by atoms with Crippen LogP contribution in [0.15, 0.2) is 54.0 Å². The summed E-state index contributed by atoms with van der Waals surface area (Å²) >= 11 is 7.47. The smallest absolute Gasteiger partial charge is 0.255 e. The monoisotopic (exact) mass is 481 g/mol. The summed E-state index contributed by atoms with van der Waals surface area (Å²) in [6.07, 6.45) is 1.67. The Morgan fingerprint density at radius 1 is 1.18 bits per heavy atom. The number of hydrogen-bond donors (Lipinski definition) is 1. The van der Waals surface area contributed by atoms with E-state index in [0.717, 1.165) is 16.1 Å². The van der Waals surface area contributed by atoms with Crippen molar-refractivity contribution in [1.82, 2.24) is 25.0 Å². The molecule has 3 heterocycles. The van der Waals surface area contributed by atoms with Gasteiger partial charge in [-0.1, -0.05) is 29.8 Å². The summed E-state index contributed by atoms with van der Waals surface area (Å²) in [4.78, 5) is 33.4. The van der Waals surface area contributed by atoms with Gasteiger partial charge in [0.25, 0.3) is 5.91 Å². The zero-order valence-corrected chi connectivity index (χ0v) is 20.0. The van der Waals surface area contributed by atoms with Gasteiger partial charge in [0.1, 0.15) is 0 Å². The van der Waals surface area contributed by atoms with Crippen LogP contribution in [-0.4, -0.2) is 44.6 Å². The van der Waals surface area contributed by atoms with Crippen LogP contribution in [0.3, 0.4) is 0 Å². The number of pyridine rings is 1. The zero-order chi connectivity index (χ0) is 23.4. The minimum atomic E-state index is -0.229. The molecule has 0 radical (unpaired) electrons. The largest absolute Gasteiger partial charge is 0.350 e. The van der Waals surface area contributed by atoms with E-state index in [2.05, 4.69) is 10.4 Å². The number of rotatable bonds is 8. The number of benzene rings is 1. The van der Waals surface area contributed by atoms with Gasteiger partial charge >= 0.3 is 0 Å². The Bertz CT molecular complexity index is 1270. The molecule has 0 atom stereocenters. The first-order valence-corrected chi connectivity index (χ1v) is 12.0. The minimum Gasteiger partial charge on any atom is -0.350 e. The fraction of sp³-hybridized carbons (Fsp3) is 0.250. The van der Waals surface area contributed by atoms with Gasteiger partial charge in [-0.25, -0.2) is 9.67 Å². The van der Waals surface area contributed by atoms with E-state index < -0.39 is 0 Å². The van der Waals surface area contributed by atoms with Gasteiger partial charge in [0, 0.05) is 24.7 Å². The van der Waals surface area contributed by atoms with Crippen molar-refractivity contribution in [3.8, 4) is 10.6 Å². The second-order valence-corrected chi connectivity index (χ2v) is 8.84. The zero-order valence-electron chi connectivity index (χ0n) is 18.4. The second kappa shape index (κ2) is 10.1. The number of halogens is 1. The molecular weight excluding hydrogens is 458 g/mol. The molecule has 33 heavy (non-hydrogen) atoms. The third kappa shape index (κ3) is 5.07. The van der Waals surface area contributed by atoms with Crippen LogP contribution in [-0.2, 0) is 17.9 Å². The first-order valence-electron chi connectivity index (χ1n) is 10.7. The van der Waals surface area contributed by atoms with Crippen molar-refractivity contribution in [2.24, 2.45) is 0 Å². The van der Waals surface area contributed by atoms with Crippen molar-refractivity contribution in [2.75, 3.05) is 13.1 Å². The molecule has 0 saturated carbocycles. The highest BCUT2D eigenvalue weighted by molar-refractivity contribution is 7.13. The third-order valence-corrected chi connectivity index (χ3v) is 6.46. The third-order valence-electron chi connectivity index (χ3n) is 5.32. The molecule has 0 bridgehead atoms. The van der Waals surface area contributed by atoms with Gasteiger partial charge in [-0.15, -0.1) is 11.3 Å². The summed E-state index contributed by atoms with van der Waals surface area (Å²) < 4.78 is 1.78. The Hall–Kier alpha value is -3.23. The van der Waals surface area contributed by atoms with Gasteiger partial charge in [0.2, 0.25) is 5.91 Å². The Balaban J connectivity index is 1.57. The average molecular weight is 482 g/mol. The van der Waals surface area contributed by atoms with Gasteiger partial charge in [-0.2, -0.15) is 5.10 Å². The first kappa shape index (κ1) is 22.9. The van der Waals surface area contributed by atoms with Crippen LogP contribution < -0.4 is 5.32 Å². The molecular formula is C24H24ClN5O2S. The van der Waals surface area contributed by atoms with E-state index in [0.29, 0.717) is 41.3 Å². The van der Waals surface area contributed by atoms with E-state index in [1.807, 2.05) is 43.5 Å². The van der Waals surface area contributed by atoms with Crippen LogP contribution in [0.2, 0.25) is 5.02 Å². The van der Waals surface area contributed by atoms with Gasteiger partial charge in [0.05, 0.1) is 34.3 Å². The van der Waals surface area contributed by atoms with Gasteiger partial charge in [-0.3, -0.25) is 9.59 Å². The molecule has 0 unspecified atom stereocenters. The Morgan fingerprint density at radius 2 is 1.97 bits per heavy atom. The maximum Gasteiger partial charge on any atom is 0.255 e. The summed E-state index contributed by atoms with van der Waals surface area (Å²) in [7, 11) is 0. The molecule has 0 aliphatic heterocycles. The fourth-order valence-electron chi connectivity index (χ4n) is 3.54. The molecule has 7 nitrogen and oxygen atoms in total. The number of amides is 2. The van der Waals surface area contributed by atoms with Crippen molar-refractivity contribution in [2.45, 2.75) is 26.9 Å². The molecule has 0 aliphatic rings. The van der Waals surface area contributed by atoms with Gasteiger partial charge < -0.3 is 10.2 Å². The Kier molecular flexibility index (Phi) is 7.05. The average Bonchev–Trinajstić information content (AvgIpc) is 3.51. The molecule has 4 rings (SSSR count). The fourth-order valence-corrected chi connectivity index (χ4v) is 4.35. The van der Waals surface area contributed by atoms with E-state index in [4.69, 9.17) is 16.6 Å². The van der Waals surface area contributed by atoms with E-state index in [1.165, 1.54) is 4.90 Å². The number of likely N-dealkylation sites (N-methyl/N-ethyl adjacent to an activating group) is 1. The van der Waals surface area contributed by atoms with Crippen LogP contribution in [0.5, 0.6) is 0 Å². The van der Waals surface area contributed by atoms with Crippen molar-refractivity contribution in [3.05, 3.63) is 70.2 Å². The summed E-state index contributed by atoms with van der Waals surface area (Å²) in [6.45, 7) is 5.21. The number of aryl methyl sites for hydroxylation is 1. The first-order chi connectivity index (χ1) is 16.0. The van der Waals surface area contributed by atoms with E-state index in [-0.39, 0.29) is 18.4 Å². The summed E-state index contributed by atoms with van der Waals surface area (Å²) in [5.41, 5.74) is 2.82. The maximum absolute atomic E-state index is 13.5. The number of thiophene rings is 1.